The van der Waals surface area contributed by atoms with E-state index in [1.807, 2.05) is 42.6 Å². The van der Waals surface area contributed by atoms with Crippen LogP contribution in [0.25, 0.3) is 0 Å². The lowest BCUT2D eigenvalue weighted by Gasteiger charge is -1.85. The van der Waals surface area contributed by atoms with Crippen molar-refractivity contribution in [2.75, 3.05) is 0 Å². The highest BCUT2D eigenvalue weighted by Gasteiger charge is 1.85. The molecule has 0 radical (unpaired) electrons. The SMILES string of the molecule is Cc1ccccccsc1Cl. The summed E-state index contributed by atoms with van der Waals surface area (Å²) in [6.45, 7) is 2.00. The molecule has 0 N–H and O–H groups in total. The summed E-state index contributed by atoms with van der Waals surface area (Å²) in [7, 11) is 0. The molecule has 0 unspecified atom stereocenters. The highest BCUT2D eigenvalue weighted by Crippen LogP contribution is 2.16. The smallest absolute Gasteiger partial charge is 0.0957 e. The maximum atomic E-state index is 5.93. The van der Waals surface area contributed by atoms with Crippen molar-refractivity contribution in [3.8, 4) is 0 Å². The van der Waals surface area contributed by atoms with Gasteiger partial charge in [-0.15, -0.1) is 11.3 Å². The highest BCUT2D eigenvalue weighted by atomic mass is 35.5. The molecule has 0 aliphatic rings. The summed E-state index contributed by atoms with van der Waals surface area (Å²) >= 11 is 7.46. The van der Waals surface area contributed by atoms with E-state index in [9.17, 15) is 0 Å². The van der Waals surface area contributed by atoms with Crippen molar-refractivity contribution in [1.29, 1.82) is 0 Å². The summed E-state index contributed by atoms with van der Waals surface area (Å²) in [5.74, 6) is 0. The molecule has 1 rings (SSSR count). The van der Waals surface area contributed by atoms with Crippen LogP contribution < -0.4 is 0 Å². The second kappa shape index (κ2) is 4.37. The van der Waals surface area contributed by atoms with Gasteiger partial charge in [0.2, 0.25) is 0 Å². The maximum absolute atomic E-state index is 5.93. The number of halogens is 1. The Balaban J connectivity index is 3.28. The first-order valence-electron chi connectivity index (χ1n) is 3.33. The molecule has 0 amide bonds. The zero-order valence-electron chi connectivity index (χ0n) is 6.25. The standard InChI is InChI=1S/C9H9ClS/c1-8-6-4-2-3-5-7-11-9(8)10/h2-7H,1H3. The molecule has 0 bridgehead atoms. The van der Waals surface area contributed by atoms with E-state index in [0.717, 1.165) is 9.90 Å². The summed E-state index contributed by atoms with van der Waals surface area (Å²) < 4.78 is 0.834. The van der Waals surface area contributed by atoms with E-state index in [1.54, 1.807) is 0 Å². The lowest BCUT2D eigenvalue weighted by molar-refractivity contribution is 1.53. The number of aryl methyl sites for hydroxylation is 1. The van der Waals surface area contributed by atoms with Crippen LogP contribution in [0.5, 0.6) is 0 Å². The van der Waals surface area contributed by atoms with Crippen LogP contribution in [-0.2, 0) is 0 Å². The van der Waals surface area contributed by atoms with Gasteiger partial charge in [0.25, 0.3) is 0 Å². The monoisotopic (exact) mass is 184 g/mol. The molecule has 58 valence electrons. The van der Waals surface area contributed by atoms with Crippen LogP contribution in [0.4, 0.5) is 0 Å². The molecule has 0 saturated carbocycles. The summed E-state index contributed by atoms with van der Waals surface area (Å²) in [5, 5.41) is 1.97. The first-order valence-corrected chi connectivity index (χ1v) is 4.59. The van der Waals surface area contributed by atoms with Gasteiger partial charge in [0.1, 0.15) is 0 Å². The Bertz CT molecular complexity index is 250. The van der Waals surface area contributed by atoms with Gasteiger partial charge in [-0.3, -0.25) is 0 Å². The lowest BCUT2D eigenvalue weighted by atomic mass is 10.3. The quantitative estimate of drug-likeness (QED) is 0.575. The van der Waals surface area contributed by atoms with Crippen LogP contribution in [-0.4, -0.2) is 0 Å². The first-order chi connectivity index (χ1) is 5.30. The Labute approximate surface area is 75.8 Å². The third-order valence-electron chi connectivity index (χ3n) is 1.24. The molecule has 0 atom stereocenters. The van der Waals surface area contributed by atoms with E-state index in [0.29, 0.717) is 0 Å². The normalized spacial score (nSPS) is 8.91. The summed E-state index contributed by atoms with van der Waals surface area (Å²) in [5.41, 5.74) is 1.10. The molecule has 0 saturated heterocycles. The molecule has 0 aliphatic heterocycles. The zero-order chi connectivity index (χ0) is 8.10. The molecule has 0 fully saturated rings. The van der Waals surface area contributed by atoms with Crippen molar-refractivity contribution in [3.05, 3.63) is 45.6 Å². The van der Waals surface area contributed by atoms with Gasteiger partial charge in [-0.25, -0.2) is 0 Å². The fourth-order valence-electron chi connectivity index (χ4n) is 0.631. The van der Waals surface area contributed by atoms with Crippen molar-refractivity contribution < 1.29 is 0 Å². The van der Waals surface area contributed by atoms with Crippen molar-refractivity contribution in [2.45, 2.75) is 6.92 Å². The molecular weight excluding hydrogens is 176 g/mol. The number of rotatable bonds is 0. The van der Waals surface area contributed by atoms with Crippen LogP contribution >= 0.6 is 22.9 Å². The minimum atomic E-state index is 0.834. The van der Waals surface area contributed by atoms with Crippen molar-refractivity contribution in [3.63, 3.8) is 0 Å². The third kappa shape index (κ3) is 2.91. The predicted molar refractivity (Wildman–Crippen MR) is 51.7 cm³/mol. The van der Waals surface area contributed by atoms with Gasteiger partial charge in [0.05, 0.1) is 4.34 Å². The molecule has 1 aromatic rings. The van der Waals surface area contributed by atoms with Crippen LogP contribution in [0.2, 0.25) is 4.34 Å². The predicted octanol–water partition coefficient (Wildman–Crippen LogP) is 3.83. The Morgan fingerprint density at radius 3 is 2.73 bits per heavy atom. The molecule has 1 aromatic heterocycles. The molecular formula is C9H9ClS. The summed E-state index contributed by atoms with van der Waals surface area (Å²) in [6, 6.07) is 9.91. The lowest BCUT2D eigenvalue weighted by Crippen LogP contribution is -1.61. The Morgan fingerprint density at radius 2 is 1.91 bits per heavy atom. The van der Waals surface area contributed by atoms with Gasteiger partial charge >= 0.3 is 0 Å². The first kappa shape index (κ1) is 8.57. The molecule has 0 spiro atoms. The van der Waals surface area contributed by atoms with E-state index in [-0.39, 0.29) is 0 Å². The van der Waals surface area contributed by atoms with Crippen molar-refractivity contribution in [2.24, 2.45) is 0 Å². The van der Waals surface area contributed by atoms with E-state index in [1.165, 1.54) is 11.3 Å². The van der Waals surface area contributed by atoms with Crippen LogP contribution in [0.1, 0.15) is 5.56 Å². The van der Waals surface area contributed by atoms with E-state index in [4.69, 9.17) is 11.6 Å². The second-order valence-electron chi connectivity index (χ2n) is 2.15. The molecule has 0 nitrogen and oxygen atoms in total. The van der Waals surface area contributed by atoms with E-state index < -0.39 is 0 Å². The van der Waals surface area contributed by atoms with Crippen LogP contribution in [0.3, 0.4) is 0 Å². The highest BCUT2D eigenvalue weighted by molar-refractivity contribution is 7.14. The zero-order valence-corrected chi connectivity index (χ0v) is 7.82. The number of hydrogen-bond donors (Lipinski definition) is 0. The van der Waals surface area contributed by atoms with Crippen molar-refractivity contribution in [1.82, 2.24) is 0 Å². The van der Waals surface area contributed by atoms with Gasteiger partial charge in [-0.2, -0.15) is 0 Å². The summed E-state index contributed by atoms with van der Waals surface area (Å²) in [4.78, 5) is 0. The van der Waals surface area contributed by atoms with Crippen LogP contribution in [0, 0.1) is 6.92 Å². The average Bonchev–Trinajstić information content (AvgIpc) is 2.07. The maximum Gasteiger partial charge on any atom is 0.0957 e. The van der Waals surface area contributed by atoms with Crippen LogP contribution in [0.15, 0.2) is 35.7 Å². The van der Waals surface area contributed by atoms with E-state index >= 15 is 0 Å². The molecule has 1 heterocycles. The molecule has 0 aliphatic carbocycles. The van der Waals surface area contributed by atoms with Gasteiger partial charge in [0.15, 0.2) is 0 Å². The number of hydrogen-bond acceptors (Lipinski definition) is 1. The molecule has 2 heteroatoms. The van der Waals surface area contributed by atoms with Gasteiger partial charge < -0.3 is 0 Å². The van der Waals surface area contributed by atoms with Gasteiger partial charge in [-0.1, -0.05) is 41.9 Å². The van der Waals surface area contributed by atoms with E-state index in [2.05, 4.69) is 0 Å². The topological polar surface area (TPSA) is 0 Å². The fourth-order valence-corrected chi connectivity index (χ4v) is 1.39. The Morgan fingerprint density at radius 1 is 1.18 bits per heavy atom. The Kier molecular flexibility index (Phi) is 3.40. The molecule has 11 heavy (non-hydrogen) atoms. The summed E-state index contributed by atoms with van der Waals surface area (Å²) in [6.07, 6.45) is 0. The van der Waals surface area contributed by atoms with Crippen molar-refractivity contribution >= 4 is 22.9 Å². The fraction of sp³-hybridized carbons (Fsp3) is 0.111. The van der Waals surface area contributed by atoms with Gasteiger partial charge in [0, 0.05) is 0 Å². The minimum Gasteiger partial charge on any atom is -0.132 e. The third-order valence-corrected chi connectivity index (χ3v) is 2.63. The minimum absolute atomic E-state index is 0.834. The Hall–Kier alpha value is -0.530. The molecule has 0 aromatic carbocycles. The second-order valence-corrected chi connectivity index (χ2v) is 3.67. The largest absolute Gasteiger partial charge is 0.132 e. The average molecular weight is 185 g/mol. The van der Waals surface area contributed by atoms with Gasteiger partial charge in [-0.05, 0) is 17.9 Å².